The third kappa shape index (κ3) is 53.4. The third-order valence-electron chi connectivity index (χ3n) is 15.5. The Kier molecular flexibility index (Phi) is 58.9. The lowest BCUT2D eigenvalue weighted by molar-refractivity contribution is -0.0177. The van der Waals surface area contributed by atoms with Gasteiger partial charge in [0.1, 0.15) is 0 Å². The van der Waals surface area contributed by atoms with E-state index in [4.69, 9.17) is 18.9 Å². The Labute approximate surface area is 457 Å². The maximum Gasteiger partial charge on any atom is 0.0932 e. The SMILES string of the molecule is CCCCCCCCCCCCOCC(CNCCNCCN1CCN(CCNCC(COCCCCCCCCCCCC)OCCCCCCCCCCCC)CC1)OCCCCCCCCCCCC. The highest BCUT2D eigenvalue weighted by Gasteiger charge is 2.17. The highest BCUT2D eigenvalue weighted by Crippen LogP contribution is 2.15. The van der Waals surface area contributed by atoms with Crippen LogP contribution in [0.4, 0.5) is 0 Å². The molecule has 2 atom stereocenters. The number of nitrogens with zero attached hydrogens (tertiary/aromatic N) is 2. The van der Waals surface area contributed by atoms with E-state index in [1.165, 1.54) is 257 Å². The molecular weight excluding hydrogens is 903 g/mol. The van der Waals surface area contributed by atoms with Crippen molar-refractivity contribution in [1.29, 1.82) is 0 Å². The summed E-state index contributed by atoms with van der Waals surface area (Å²) in [5, 5.41) is 11.2. The van der Waals surface area contributed by atoms with Crippen LogP contribution in [-0.2, 0) is 18.9 Å². The van der Waals surface area contributed by atoms with Gasteiger partial charge in [0, 0.05) is 105 Å². The van der Waals surface area contributed by atoms with E-state index in [0.29, 0.717) is 13.2 Å². The molecule has 0 aromatic rings. The van der Waals surface area contributed by atoms with Crippen LogP contribution in [0.15, 0.2) is 0 Å². The number of hydrogen-bond donors (Lipinski definition) is 3. The van der Waals surface area contributed by atoms with Crippen LogP contribution in [0.2, 0.25) is 0 Å². The van der Waals surface area contributed by atoms with Crippen LogP contribution in [0.3, 0.4) is 0 Å². The molecule has 3 N–H and O–H groups in total. The lowest BCUT2D eigenvalue weighted by Crippen LogP contribution is -2.50. The molecule has 0 amide bonds. The van der Waals surface area contributed by atoms with Crippen molar-refractivity contribution in [2.24, 2.45) is 0 Å². The molecule has 1 rings (SSSR count). The molecule has 2 unspecified atom stereocenters. The van der Waals surface area contributed by atoms with E-state index in [9.17, 15) is 0 Å². The minimum Gasteiger partial charge on any atom is -0.379 e. The molecule has 0 aromatic heterocycles. The average Bonchev–Trinajstić information content (AvgIpc) is 3.40. The Bertz CT molecular complexity index is 1000. The molecule has 9 heteroatoms. The molecule has 1 aliphatic rings. The van der Waals surface area contributed by atoms with Gasteiger partial charge in [-0.1, -0.05) is 259 Å². The van der Waals surface area contributed by atoms with Crippen LogP contribution < -0.4 is 16.0 Å². The molecule has 0 bridgehead atoms. The molecule has 1 fully saturated rings. The minimum atomic E-state index is 0.139. The monoisotopic (exact) mass is 1040 g/mol. The van der Waals surface area contributed by atoms with Gasteiger partial charge in [-0.25, -0.2) is 0 Å². The molecule has 73 heavy (non-hydrogen) atoms. The predicted molar refractivity (Wildman–Crippen MR) is 320 cm³/mol. The number of piperazine rings is 1. The first-order valence-corrected chi connectivity index (χ1v) is 33.2. The van der Waals surface area contributed by atoms with E-state index in [1.807, 2.05) is 0 Å². The molecule has 1 aliphatic heterocycles. The molecule has 1 heterocycles. The van der Waals surface area contributed by atoms with Gasteiger partial charge < -0.3 is 34.9 Å². The standard InChI is InChI=1S/C64H133N5O4/c1-5-9-13-17-21-25-29-33-37-41-55-70-61-63(72-57-43-39-35-31-27-23-19-15-11-7-3)59-66-46-45-65-47-49-68-51-53-69(54-52-68)50-48-67-60-64(73-58-44-40-36-32-28-24-20-16-12-8-4)62-71-56-42-38-34-30-26-22-18-14-10-6-2/h63-67H,5-62H2,1-4H3. The molecule has 1 saturated heterocycles. The van der Waals surface area contributed by atoms with Crippen molar-refractivity contribution in [2.45, 2.75) is 297 Å². The molecule has 0 spiro atoms. The Morgan fingerprint density at radius 3 is 0.849 bits per heavy atom. The summed E-state index contributed by atoms with van der Waals surface area (Å²) in [5.41, 5.74) is 0. The van der Waals surface area contributed by atoms with Crippen molar-refractivity contribution in [2.75, 3.05) is 118 Å². The van der Waals surface area contributed by atoms with Crippen molar-refractivity contribution in [3.63, 3.8) is 0 Å². The largest absolute Gasteiger partial charge is 0.379 e. The average molecular weight is 1040 g/mol. The second-order valence-electron chi connectivity index (χ2n) is 22.7. The molecule has 9 nitrogen and oxygen atoms in total. The minimum absolute atomic E-state index is 0.139. The summed E-state index contributed by atoms with van der Waals surface area (Å²) in [6, 6.07) is 0. The third-order valence-corrected chi connectivity index (χ3v) is 15.5. The topological polar surface area (TPSA) is 79.5 Å². The molecule has 438 valence electrons. The quantitative estimate of drug-likeness (QED) is 0.0516. The van der Waals surface area contributed by atoms with Gasteiger partial charge in [0.15, 0.2) is 0 Å². The highest BCUT2D eigenvalue weighted by molar-refractivity contribution is 4.74. The van der Waals surface area contributed by atoms with E-state index >= 15 is 0 Å². The first-order chi connectivity index (χ1) is 36.2. The first-order valence-electron chi connectivity index (χ1n) is 33.2. The van der Waals surface area contributed by atoms with Crippen molar-refractivity contribution in [1.82, 2.24) is 25.8 Å². The Morgan fingerprint density at radius 2 is 0.534 bits per heavy atom. The molecular formula is C64H133N5O4. The van der Waals surface area contributed by atoms with Gasteiger partial charge in [-0.05, 0) is 25.7 Å². The summed E-state index contributed by atoms with van der Waals surface area (Å²) in [6.45, 7) is 26.7. The zero-order chi connectivity index (χ0) is 52.3. The van der Waals surface area contributed by atoms with Gasteiger partial charge >= 0.3 is 0 Å². The maximum atomic E-state index is 6.45. The molecule has 0 saturated carbocycles. The molecule has 0 aromatic carbocycles. The zero-order valence-corrected chi connectivity index (χ0v) is 50.2. The van der Waals surface area contributed by atoms with E-state index in [2.05, 4.69) is 53.4 Å². The Hall–Kier alpha value is -0.360. The van der Waals surface area contributed by atoms with Crippen molar-refractivity contribution in [3.8, 4) is 0 Å². The summed E-state index contributed by atoms with van der Waals surface area (Å²) in [7, 11) is 0. The van der Waals surface area contributed by atoms with Crippen molar-refractivity contribution >= 4 is 0 Å². The van der Waals surface area contributed by atoms with Gasteiger partial charge in [0.2, 0.25) is 0 Å². The lowest BCUT2D eigenvalue weighted by atomic mass is 10.1. The summed E-state index contributed by atoms with van der Waals surface area (Å²) in [4.78, 5) is 5.27. The second kappa shape index (κ2) is 60.9. The van der Waals surface area contributed by atoms with Crippen LogP contribution >= 0.6 is 0 Å². The smallest absolute Gasteiger partial charge is 0.0932 e. The fraction of sp³-hybridized carbons (Fsp3) is 1.00. The van der Waals surface area contributed by atoms with E-state index in [1.54, 1.807) is 0 Å². The zero-order valence-electron chi connectivity index (χ0n) is 50.2. The second-order valence-corrected chi connectivity index (χ2v) is 22.7. The predicted octanol–water partition coefficient (Wildman–Crippen LogP) is 15.9. The van der Waals surface area contributed by atoms with Crippen molar-refractivity contribution in [3.05, 3.63) is 0 Å². The summed E-state index contributed by atoms with van der Waals surface area (Å²) >= 11 is 0. The Balaban J connectivity index is 2.27. The van der Waals surface area contributed by atoms with E-state index < -0.39 is 0 Å². The number of ether oxygens (including phenoxy) is 4. The number of nitrogens with one attached hydrogen (secondary N) is 3. The van der Waals surface area contributed by atoms with Crippen LogP contribution in [-0.4, -0.2) is 140 Å². The summed E-state index contributed by atoms with van der Waals surface area (Å²) < 4.78 is 25.3. The van der Waals surface area contributed by atoms with Crippen LogP contribution in [0.25, 0.3) is 0 Å². The van der Waals surface area contributed by atoms with Gasteiger partial charge in [0.25, 0.3) is 0 Å². The first kappa shape index (κ1) is 70.7. The fourth-order valence-corrected chi connectivity index (χ4v) is 10.4. The summed E-state index contributed by atoms with van der Waals surface area (Å²) in [6.07, 6.45) is 54.7. The normalized spacial score (nSPS) is 14.5. The fourth-order valence-electron chi connectivity index (χ4n) is 10.4. The van der Waals surface area contributed by atoms with Gasteiger partial charge in [0.05, 0.1) is 25.4 Å². The molecule has 0 radical (unpaired) electrons. The van der Waals surface area contributed by atoms with Crippen LogP contribution in [0.5, 0.6) is 0 Å². The van der Waals surface area contributed by atoms with E-state index in [-0.39, 0.29) is 12.2 Å². The van der Waals surface area contributed by atoms with Crippen LogP contribution in [0.1, 0.15) is 285 Å². The van der Waals surface area contributed by atoms with Gasteiger partial charge in [-0.15, -0.1) is 0 Å². The highest BCUT2D eigenvalue weighted by atomic mass is 16.5. The van der Waals surface area contributed by atoms with E-state index in [0.717, 1.165) is 105 Å². The number of unbranched alkanes of at least 4 members (excludes halogenated alkanes) is 36. The number of hydrogen-bond acceptors (Lipinski definition) is 9. The number of rotatable bonds is 63. The van der Waals surface area contributed by atoms with Gasteiger partial charge in [-0.3, -0.25) is 9.80 Å². The summed E-state index contributed by atoms with van der Waals surface area (Å²) in [5.74, 6) is 0. The molecule has 0 aliphatic carbocycles. The van der Waals surface area contributed by atoms with Crippen LogP contribution in [0, 0.1) is 0 Å². The van der Waals surface area contributed by atoms with Gasteiger partial charge in [-0.2, -0.15) is 0 Å². The Morgan fingerprint density at radius 1 is 0.288 bits per heavy atom. The lowest BCUT2D eigenvalue weighted by Gasteiger charge is -2.34. The maximum absolute atomic E-state index is 6.45. The van der Waals surface area contributed by atoms with Crippen molar-refractivity contribution < 1.29 is 18.9 Å².